The van der Waals surface area contributed by atoms with Crippen LogP contribution in [0, 0.1) is 0 Å². The molecule has 1 aromatic rings. The molecule has 0 saturated heterocycles. The number of pyridine rings is 1. The van der Waals surface area contributed by atoms with Crippen LogP contribution in [0.3, 0.4) is 0 Å². The topological polar surface area (TPSA) is 50.2 Å². The van der Waals surface area contributed by atoms with Gasteiger partial charge in [0, 0.05) is 11.1 Å². The van der Waals surface area contributed by atoms with Crippen LogP contribution in [0.25, 0.3) is 0 Å². The smallest absolute Gasteiger partial charge is 0.446 e. The van der Waals surface area contributed by atoms with E-state index in [-0.39, 0.29) is 16.7 Å². The van der Waals surface area contributed by atoms with E-state index in [9.17, 15) is 18.0 Å². The maximum atomic E-state index is 11.9. The van der Waals surface area contributed by atoms with Crippen molar-refractivity contribution in [3.63, 3.8) is 0 Å². The summed E-state index contributed by atoms with van der Waals surface area (Å²) in [6, 6.07) is 1.98. The number of halogens is 3. The normalized spacial score (nSPS) is 11.4. The lowest BCUT2D eigenvalue weighted by Crippen LogP contribution is -2.02. The van der Waals surface area contributed by atoms with E-state index >= 15 is 0 Å². The van der Waals surface area contributed by atoms with E-state index in [0.717, 1.165) is 18.3 Å². The van der Waals surface area contributed by atoms with Gasteiger partial charge in [0.25, 0.3) is 0 Å². The fourth-order valence-corrected chi connectivity index (χ4v) is 1.29. The molecule has 0 aliphatic rings. The average Bonchev–Trinajstić information content (AvgIpc) is 2.01. The minimum Gasteiger partial charge on any atom is -0.477 e. The van der Waals surface area contributed by atoms with Crippen LogP contribution in [0.2, 0.25) is 0 Å². The molecule has 0 aliphatic carbocycles. The van der Waals surface area contributed by atoms with E-state index in [4.69, 9.17) is 5.11 Å². The Kier molecular flexibility index (Phi) is 3.00. The number of thioether (sulfide) groups is 1. The number of aromatic carboxylic acids is 1. The van der Waals surface area contributed by atoms with Crippen molar-refractivity contribution >= 4 is 17.7 Å². The van der Waals surface area contributed by atoms with E-state index in [1.165, 1.54) is 0 Å². The van der Waals surface area contributed by atoms with Gasteiger partial charge >= 0.3 is 11.5 Å². The first-order valence-electron chi connectivity index (χ1n) is 3.33. The quantitative estimate of drug-likeness (QED) is 0.782. The Balaban J connectivity index is 2.89. The molecule has 1 N–H and O–H groups in total. The Hall–Kier alpha value is -1.24. The third-order valence-electron chi connectivity index (χ3n) is 1.18. The number of nitrogens with zero attached hydrogens (tertiary/aromatic N) is 1. The SMILES string of the molecule is O=C(O)c1cc(SC(F)(F)F)ccn1. The summed E-state index contributed by atoms with van der Waals surface area (Å²) < 4.78 is 35.6. The van der Waals surface area contributed by atoms with Crippen molar-refractivity contribution in [3.8, 4) is 0 Å². The Morgan fingerprint density at radius 2 is 2.14 bits per heavy atom. The first-order chi connectivity index (χ1) is 6.38. The predicted molar refractivity (Wildman–Crippen MR) is 43.1 cm³/mol. The molecule has 0 radical (unpaired) electrons. The zero-order valence-corrected chi connectivity index (χ0v) is 7.39. The second-order valence-electron chi connectivity index (χ2n) is 2.23. The van der Waals surface area contributed by atoms with Crippen molar-refractivity contribution in [1.29, 1.82) is 0 Å². The molecule has 0 aromatic carbocycles. The van der Waals surface area contributed by atoms with Crippen molar-refractivity contribution in [2.24, 2.45) is 0 Å². The number of carbonyl (C=O) groups is 1. The summed E-state index contributed by atoms with van der Waals surface area (Å²) in [5.41, 5.74) is -4.82. The molecular weight excluding hydrogens is 219 g/mol. The van der Waals surface area contributed by atoms with Gasteiger partial charge in [0.15, 0.2) is 0 Å². The lowest BCUT2D eigenvalue weighted by molar-refractivity contribution is -0.0328. The minimum atomic E-state index is -4.42. The number of carboxylic acids is 1. The van der Waals surface area contributed by atoms with E-state index < -0.39 is 17.2 Å². The molecule has 76 valence electrons. The predicted octanol–water partition coefficient (Wildman–Crippen LogP) is 2.39. The molecule has 0 spiro atoms. The lowest BCUT2D eigenvalue weighted by Gasteiger charge is -2.04. The van der Waals surface area contributed by atoms with Gasteiger partial charge in [0.1, 0.15) is 5.69 Å². The van der Waals surface area contributed by atoms with Crippen molar-refractivity contribution in [2.45, 2.75) is 10.4 Å². The molecule has 1 rings (SSSR count). The van der Waals surface area contributed by atoms with Gasteiger partial charge < -0.3 is 5.11 Å². The summed E-state index contributed by atoms with van der Waals surface area (Å²) >= 11 is -0.371. The van der Waals surface area contributed by atoms with E-state index in [1.807, 2.05) is 0 Å². The van der Waals surface area contributed by atoms with Gasteiger partial charge in [0.2, 0.25) is 0 Å². The van der Waals surface area contributed by atoms with Crippen LogP contribution in [-0.2, 0) is 0 Å². The molecule has 14 heavy (non-hydrogen) atoms. The monoisotopic (exact) mass is 223 g/mol. The fraction of sp³-hybridized carbons (Fsp3) is 0.143. The highest BCUT2D eigenvalue weighted by molar-refractivity contribution is 8.00. The third-order valence-corrected chi connectivity index (χ3v) is 1.91. The van der Waals surface area contributed by atoms with Crippen LogP contribution in [0.5, 0.6) is 0 Å². The fourth-order valence-electron chi connectivity index (χ4n) is 0.725. The molecule has 1 heterocycles. The van der Waals surface area contributed by atoms with Crippen LogP contribution >= 0.6 is 11.8 Å². The second kappa shape index (κ2) is 3.87. The number of rotatable bonds is 2. The zero-order valence-electron chi connectivity index (χ0n) is 6.58. The van der Waals surface area contributed by atoms with Crippen LogP contribution < -0.4 is 0 Å². The van der Waals surface area contributed by atoms with Crippen LogP contribution in [-0.4, -0.2) is 21.6 Å². The molecule has 0 amide bonds. The molecule has 7 heteroatoms. The van der Waals surface area contributed by atoms with Gasteiger partial charge in [-0.15, -0.1) is 0 Å². The zero-order chi connectivity index (χ0) is 10.8. The summed E-state index contributed by atoms with van der Waals surface area (Å²) in [7, 11) is 0. The highest BCUT2D eigenvalue weighted by atomic mass is 32.2. The first-order valence-corrected chi connectivity index (χ1v) is 4.15. The molecule has 0 atom stereocenters. The molecule has 0 bridgehead atoms. The molecule has 0 saturated carbocycles. The van der Waals surface area contributed by atoms with Crippen LogP contribution in [0.15, 0.2) is 23.2 Å². The first kappa shape index (κ1) is 10.8. The van der Waals surface area contributed by atoms with Crippen LogP contribution in [0.1, 0.15) is 10.5 Å². The number of aromatic nitrogens is 1. The summed E-state index contributed by atoms with van der Waals surface area (Å²) in [5, 5.41) is 8.45. The van der Waals surface area contributed by atoms with Gasteiger partial charge in [-0.3, -0.25) is 0 Å². The Labute approximate surface area is 81.0 Å². The molecule has 1 aromatic heterocycles. The summed E-state index contributed by atoms with van der Waals surface area (Å²) in [6.07, 6.45) is 1.03. The standard InChI is InChI=1S/C7H4F3NO2S/c8-7(9,10)14-4-1-2-11-5(3-4)6(12)13/h1-3H,(H,12,13). The Morgan fingerprint density at radius 1 is 1.50 bits per heavy atom. The van der Waals surface area contributed by atoms with Gasteiger partial charge in [-0.1, -0.05) is 0 Å². The number of hydrogen-bond acceptors (Lipinski definition) is 3. The van der Waals surface area contributed by atoms with E-state index in [1.54, 1.807) is 0 Å². The number of carboxylic acid groups (broad SMARTS) is 1. The largest absolute Gasteiger partial charge is 0.477 e. The summed E-state index contributed by atoms with van der Waals surface area (Å²) in [6.45, 7) is 0. The molecule has 3 nitrogen and oxygen atoms in total. The van der Waals surface area contributed by atoms with Gasteiger partial charge in [-0.2, -0.15) is 13.2 Å². The maximum absolute atomic E-state index is 11.9. The van der Waals surface area contributed by atoms with Crippen LogP contribution in [0.4, 0.5) is 13.2 Å². The van der Waals surface area contributed by atoms with Gasteiger partial charge in [0.05, 0.1) is 0 Å². The van der Waals surface area contributed by atoms with Crippen molar-refractivity contribution in [3.05, 3.63) is 24.0 Å². The van der Waals surface area contributed by atoms with Crippen molar-refractivity contribution in [2.75, 3.05) is 0 Å². The Morgan fingerprint density at radius 3 is 2.64 bits per heavy atom. The molecule has 0 fully saturated rings. The average molecular weight is 223 g/mol. The lowest BCUT2D eigenvalue weighted by atomic mass is 10.4. The summed E-state index contributed by atoms with van der Waals surface area (Å²) in [5.74, 6) is -1.35. The van der Waals surface area contributed by atoms with E-state index in [2.05, 4.69) is 4.98 Å². The highest BCUT2D eigenvalue weighted by Crippen LogP contribution is 2.36. The molecular formula is C7H4F3NO2S. The third kappa shape index (κ3) is 3.25. The molecule has 0 unspecified atom stereocenters. The van der Waals surface area contributed by atoms with Gasteiger partial charge in [-0.05, 0) is 23.9 Å². The molecule has 0 aliphatic heterocycles. The van der Waals surface area contributed by atoms with Crippen molar-refractivity contribution in [1.82, 2.24) is 4.98 Å². The summed E-state index contributed by atoms with van der Waals surface area (Å²) in [4.78, 5) is 13.6. The minimum absolute atomic E-state index is 0.190. The van der Waals surface area contributed by atoms with Gasteiger partial charge in [-0.25, -0.2) is 9.78 Å². The maximum Gasteiger partial charge on any atom is 0.446 e. The van der Waals surface area contributed by atoms with Crippen molar-refractivity contribution < 1.29 is 23.1 Å². The van der Waals surface area contributed by atoms with E-state index in [0.29, 0.717) is 0 Å². The Bertz CT molecular complexity index is 353. The second-order valence-corrected chi connectivity index (χ2v) is 3.37. The number of alkyl halides is 3. The number of hydrogen-bond donors (Lipinski definition) is 1. The highest BCUT2D eigenvalue weighted by Gasteiger charge is 2.29.